The molecule has 0 fully saturated rings. The highest BCUT2D eigenvalue weighted by Crippen LogP contribution is 2.26. The lowest BCUT2D eigenvalue weighted by atomic mass is 10.0. The number of rotatable bonds is 14. The van der Waals surface area contributed by atoms with Gasteiger partial charge in [-0.3, -0.25) is 9.59 Å². The maximum atomic E-state index is 14.0. The van der Waals surface area contributed by atoms with Crippen molar-refractivity contribution in [2.24, 2.45) is 0 Å². The van der Waals surface area contributed by atoms with Crippen molar-refractivity contribution < 1.29 is 19.1 Å². The van der Waals surface area contributed by atoms with Crippen molar-refractivity contribution >= 4 is 34.4 Å². The molecule has 0 saturated carbocycles. The number of hydrogen-bond acceptors (Lipinski definition) is 4. The molecule has 2 N–H and O–H groups in total. The molecule has 0 saturated heterocycles. The summed E-state index contributed by atoms with van der Waals surface area (Å²) in [6, 6.07) is 20.7. The first kappa shape index (κ1) is 32.6. The third-order valence-electron chi connectivity index (χ3n) is 7.14. The Morgan fingerprint density at radius 3 is 2.17 bits per heavy atom. The van der Waals surface area contributed by atoms with E-state index in [1.54, 1.807) is 25.7 Å². The highest BCUT2D eigenvalue weighted by Gasteiger charge is 2.32. The molecule has 3 rings (SSSR count). The average molecular weight is 574 g/mol. The molecule has 42 heavy (non-hydrogen) atoms. The highest BCUT2D eigenvalue weighted by molar-refractivity contribution is 6.00. The van der Waals surface area contributed by atoms with Crippen LogP contribution >= 0.6 is 0 Å². The molecule has 7 heteroatoms. The van der Waals surface area contributed by atoms with E-state index in [9.17, 15) is 14.4 Å². The van der Waals surface area contributed by atoms with E-state index in [1.807, 2.05) is 66.7 Å². The van der Waals surface area contributed by atoms with Gasteiger partial charge in [-0.05, 0) is 67.6 Å². The van der Waals surface area contributed by atoms with Crippen LogP contribution in [0, 0.1) is 0 Å². The first-order chi connectivity index (χ1) is 20.1. The molecular weight excluding hydrogens is 526 g/mol. The van der Waals surface area contributed by atoms with E-state index in [0.717, 1.165) is 60.4 Å². The van der Waals surface area contributed by atoms with Gasteiger partial charge in [-0.25, -0.2) is 4.79 Å². The van der Waals surface area contributed by atoms with Gasteiger partial charge in [0.15, 0.2) is 0 Å². The molecule has 0 spiro atoms. The number of alkyl carbamates (subject to hydrolysis) is 1. The predicted molar refractivity (Wildman–Crippen MR) is 170 cm³/mol. The molecule has 3 amide bonds. The topological polar surface area (TPSA) is 87.7 Å². The molecule has 7 nitrogen and oxygen atoms in total. The van der Waals surface area contributed by atoms with Gasteiger partial charge in [-0.2, -0.15) is 0 Å². The summed E-state index contributed by atoms with van der Waals surface area (Å²) >= 11 is 0. The van der Waals surface area contributed by atoms with Gasteiger partial charge < -0.3 is 20.3 Å². The number of anilines is 1. The zero-order valence-corrected chi connectivity index (χ0v) is 25.9. The number of fused-ring (bicyclic) bond motifs is 1. The maximum absolute atomic E-state index is 14.0. The molecule has 0 aliphatic carbocycles. The van der Waals surface area contributed by atoms with Crippen molar-refractivity contribution in [2.45, 2.75) is 91.2 Å². The van der Waals surface area contributed by atoms with Gasteiger partial charge in [0.2, 0.25) is 5.91 Å². The molecule has 0 radical (unpaired) electrons. The summed E-state index contributed by atoms with van der Waals surface area (Å²) in [6.07, 6.45) is 6.48. The van der Waals surface area contributed by atoms with E-state index in [0.29, 0.717) is 12.2 Å². The number of unbranched alkanes of at least 4 members (excludes halogenated alkanes) is 5. The Balaban J connectivity index is 1.89. The Morgan fingerprint density at radius 1 is 0.833 bits per heavy atom. The molecule has 0 aliphatic rings. The van der Waals surface area contributed by atoms with Crippen LogP contribution in [0.3, 0.4) is 0 Å². The van der Waals surface area contributed by atoms with Crippen LogP contribution in [0.4, 0.5) is 10.5 Å². The van der Waals surface area contributed by atoms with Crippen LogP contribution in [0.15, 0.2) is 66.7 Å². The zero-order chi connectivity index (χ0) is 30.5. The van der Waals surface area contributed by atoms with Gasteiger partial charge in [-0.1, -0.05) is 101 Å². The smallest absolute Gasteiger partial charge is 0.408 e. The second-order valence-electron chi connectivity index (χ2n) is 11.8. The van der Waals surface area contributed by atoms with Gasteiger partial charge in [0, 0.05) is 12.2 Å². The molecule has 3 aromatic rings. The summed E-state index contributed by atoms with van der Waals surface area (Å²) in [6.45, 7) is 9.70. The summed E-state index contributed by atoms with van der Waals surface area (Å²) in [7, 11) is 0. The molecule has 1 unspecified atom stereocenters. The monoisotopic (exact) mass is 573 g/mol. The fourth-order valence-corrected chi connectivity index (χ4v) is 4.91. The minimum Gasteiger partial charge on any atom is -0.444 e. The van der Waals surface area contributed by atoms with E-state index >= 15 is 0 Å². The number of carbonyl (C=O) groups is 3. The number of carbonyl (C=O) groups excluding carboxylic acids is 3. The number of amides is 3. The SMILES string of the molecule is CCCCCCCCN(C(=O)CNC(=O)OC(C)(C)C)C(C(=O)Nc1ccc2ccccc2c1)c1ccc(CC)cc1. The van der Waals surface area contributed by atoms with Crippen LogP contribution in [0.25, 0.3) is 10.8 Å². The predicted octanol–water partition coefficient (Wildman–Crippen LogP) is 7.80. The van der Waals surface area contributed by atoms with Gasteiger partial charge in [-0.15, -0.1) is 0 Å². The van der Waals surface area contributed by atoms with Crippen molar-refractivity contribution in [3.8, 4) is 0 Å². The Morgan fingerprint density at radius 2 is 1.50 bits per heavy atom. The lowest BCUT2D eigenvalue weighted by Gasteiger charge is -2.32. The van der Waals surface area contributed by atoms with Crippen molar-refractivity contribution in [3.63, 3.8) is 0 Å². The molecule has 0 bridgehead atoms. The summed E-state index contributed by atoms with van der Waals surface area (Å²) in [4.78, 5) is 41.7. The Labute approximate surface area is 251 Å². The lowest BCUT2D eigenvalue weighted by molar-refractivity contribution is -0.138. The van der Waals surface area contributed by atoms with Crippen molar-refractivity contribution in [1.82, 2.24) is 10.2 Å². The third-order valence-corrected chi connectivity index (χ3v) is 7.14. The zero-order valence-electron chi connectivity index (χ0n) is 25.9. The van der Waals surface area contributed by atoms with Gasteiger partial charge in [0.05, 0.1) is 0 Å². The standard InChI is InChI=1S/C35H47N3O4/c1-6-8-9-10-11-14-23-38(31(39)25-36-34(41)42-35(3,4)5)32(28-19-17-26(7-2)18-20-28)33(40)37-30-22-21-27-15-12-13-16-29(27)24-30/h12-13,15-22,24,32H,6-11,14,23,25H2,1-5H3,(H,36,41)(H,37,40). The number of hydrogen-bond donors (Lipinski definition) is 2. The Kier molecular flexibility index (Phi) is 12.4. The fraction of sp³-hybridized carbons (Fsp3) is 0.457. The second-order valence-corrected chi connectivity index (χ2v) is 11.8. The summed E-state index contributed by atoms with van der Waals surface area (Å²) in [5, 5.41) is 7.75. The van der Waals surface area contributed by atoms with Crippen LogP contribution in [0.1, 0.15) is 90.3 Å². The number of aryl methyl sites for hydroxylation is 1. The van der Waals surface area contributed by atoms with E-state index in [2.05, 4.69) is 24.5 Å². The summed E-state index contributed by atoms with van der Waals surface area (Å²) in [5.41, 5.74) is 1.84. The first-order valence-electron chi connectivity index (χ1n) is 15.3. The summed E-state index contributed by atoms with van der Waals surface area (Å²) in [5.74, 6) is -0.640. The molecule has 0 heterocycles. The van der Waals surface area contributed by atoms with Crippen molar-refractivity contribution in [2.75, 3.05) is 18.4 Å². The molecule has 0 aliphatic heterocycles. The minimum absolute atomic E-state index is 0.266. The van der Waals surface area contributed by atoms with Crippen LogP contribution < -0.4 is 10.6 Å². The van der Waals surface area contributed by atoms with Gasteiger partial charge >= 0.3 is 6.09 Å². The van der Waals surface area contributed by atoms with E-state index in [1.165, 1.54) is 6.42 Å². The molecule has 3 aromatic carbocycles. The molecule has 226 valence electrons. The third kappa shape index (κ3) is 10.2. The van der Waals surface area contributed by atoms with Gasteiger partial charge in [0.25, 0.3) is 5.91 Å². The average Bonchev–Trinajstić information content (AvgIpc) is 2.96. The summed E-state index contributed by atoms with van der Waals surface area (Å²) < 4.78 is 5.34. The molecule has 1 atom stereocenters. The Hall–Kier alpha value is -3.87. The molecule has 0 aromatic heterocycles. The number of benzene rings is 3. The highest BCUT2D eigenvalue weighted by atomic mass is 16.6. The minimum atomic E-state index is -0.869. The van der Waals surface area contributed by atoms with E-state index in [-0.39, 0.29) is 18.4 Å². The second kappa shape index (κ2) is 15.9. The fourth-order valence-electron chi connectivity index (χ4n) is 4.91. The van der Waals surface area contributed by atoms with E-state index < -0.39 is 17.7 Å². The molecular formula is C35H47N3O4. The first-order valence-corrected chi connectivity index (χ1v) is 15.3. The van der Waals surface area contributed by atoms with Crippen LogP contribution in [0.5, 0.6) is 0 Å². The van der Waals surface area contributed by atoms with Crippen molar-refractivity contribution in [3.05, 3.63) is 77.9 Å². The maximum Gasteiger partial charge on any atom is 0.408 e. The van der Waals surface area contributed by atoms with Crippen molar-refractivity contribution in [1.29, 1.82) is 0 Å². The number of ether oxygens (including phenoxy) is 1. The van der Waals surface area contributed by atoms with Crippen LogP contribution in [-0.2, 0) is 20.7 Å². The van der Waals surface area contributed by atoms with Gasteiger partial charge in [0.1, 0.15) is 18.2 Å². The van der Waals surface area contributed by atoms with E-state index in [4.69, 9.17) is 4.74 Å². The number of nitrogens with one attached hydrogen (secondary N) is 2. The largest absolute Gasteiger partial charge is 0.444 e. The normalized spacial score (nSPS) is 12.0. The van der Waals surface area contributed by atoms with Crippen LogP contribution in [0.2, 0.25) is 0 Å². The lowest BCUT2D eigenvalue weighted by Crippen LogP contribution is -2.47. The quantitative estimate of drug-likeness (QED) is 0.193. The number of nitrogens with zero attached hydrogens (tertiary/aromatic N) is 1. The van der Waals surface area contributed by atoms with Crippen LogP contribution in [-0.4, -0.2) is 41.5 Å². The Bertz CT molecular complexity index is 1310.